The van der Waals surface area contributed by atoms with E-state index in [1.165, 1.54) is 12.1 Å². The van der Waals surface area contributed by atoms with Crippen molar-refractivity contribution in [3.8, 4) is 5.75 Å². The molecule has 190 valence electrons. The maximum atomic E-state index is 13.5. The van der Waals surface area contributed by atoms with Crippen LogP contribution in [0.25, 0.3) is 0 Å². The van der Waals surface area contributed by atoms with Crippen molar-refractivity contribution in [1.29, 1.82) is 0 Å². The van der Waals surface area contributed by atoms with Crippen molar-refractivity contribution in [3.05, 3.63) is 102 Å². The zero-order valence-electron chi connectivity index (χ0n) is 21.2. The maximum Gasteiger partial charge on any atom is 0.243 e. The SMILES string of the molecule is CC(C)(C)NC(=O)C(Cc1ccccc1)N(Cc1ccc(F)cc1)C(=O)CCCOc1ccccc1. The molecule has 0 heterocycles. The molecule has 0 aliphatic carbocycles. The van der Waals surface area contributed by atoms with Crippen LogP contribution in [-0.2, 0) is 22.6 Å². The van der Waals surface area contributed by atoms with E-state index in [9.17, 15) is 14.0 Å². The first kappa shape index (κ1) is 26.9. The first-order valence-corrected chi connectivity index (χ1v) is 12.3. The number of para-hydroxylation sites is 1. The third kappa shape index (κ3) is 8.84. The van der Waals surface area contributed by atoms with Gasteiger partial charge in [-0.2, -0.15) is 0 Å². The van der Waals surface area contributed by atoms with Crippen LogP contribution in [0, 0.1) is 5.82 Å². The highest BCUT2D eigenvalue weighted by Crippen LogP contribution is 2.18. The first-order valence-electron chi connectivity index (χ1n) is 12.3. The van der Waals surface area contributed by atoms with Crippen molar-refractivity contribution >= 4 is 11.8 Å². The van der Waals surface area contributed by atoms with Crippen molar-refractivity contribution in [2.75, 3.05) is 6.61 Å². The molecule has 3 rings (SSSR count). The molecule has 5 nitrogen and oxygen atoms in total. The van der Waals surface area contributed by atoms with E-state index in [2.05, 4.69) is 5.32 Å². The molecule has 0 aliphatic heterocycles. The van der Waals surface area contributed by atoms with Gasteiger partial charge in [-0.05, 0) is 62.6 Å². The highest BCUT2D eigenvalue weighted by Gasteiger charge is 2.32. The summed E-state index contributed by atoms with van der Waals surface area (Å²) >= 11 is 0. The van der Waals surface area contributed by atoms with Gasteiger partial charge < -0.3 is 15.0 Å². The molecule has 1 atom stereocenters. The summed E-state index contributed by atoms with van der Waals surface area (Å²) < 4.78 is 19.3. The van der Waals surface area contributed by atoms with Crippen molar-refractivity contribution in [2.45, 2.75) is 58.2 Å². The molecule has 3 aromatic rings. The number of amides is 2. The number of nitrogens with one attached hydrogen (secondary N) is 1. The zero-order chi connectivity index (χ0) is 26.0. The van der Waals surface area contributed by atoms with Crippen molar-refractivity contribution in [2.24, 2.45) is 0 Å². The average molecular weight is 491 g/mol. The Morgan fingerprint density at radius 2 is 1.50 bits per heavy atom. The lowest BCUT2D eigenvalue weighted by Crippen LogP contribution is -2.54. The minimum atomic E-state index is -0.723. The van der Waals surface area contributed by atoms with E-state index in [4.69, 9.17) is 4.74 Å². The summed E-state index contributed by atoms with van der Waals surface area (Å²) in [5.74, 6) is 0.0314. The second-order valence-corrected chi connectivity index (χ2v) is 9.86. The van der Waals surface area contributed by atoms with Gasteiger partial charge in [0.15, 0.2) is 0 Å². The number of rotatable bonds is 11. The van der Waals surface area contributed by atoms with Crippen LogP contribution in [0.4, 0.5) is 4.39 Å². The molecule has 0 saturated heterocycles. The van der Waals surface area contributed by atoms with Gasteiger partial charge in [-0.1, -0.05) is 60.7 Å². The highest BCUT2D eigenvalue weighted by molar-refractivity contribution is 5.88. The predicted molar refractivity (Wildman–Crippen MR) is 140 cm³/mol. The number of carbonyl (C=O) groups is 2. The second kappa shape index (κ2) is 12.9. The van der Waals surface area contributed by atoms with Gasteiger partial charge in [0.05, 0.1) is 6.61 Å². The fourth-order valence-corrected chi connectivity index (χ4v) is 3.87. The Bertz CT molecular complexity index is 1100. The van der Waals surface area contributed by atoms with E-state index in [0.717, 1.165) is 16.9 Å². The standard InChI is InChI=1S/C30H35FN2O3/c1-30(2,3)32-29(35)27(21-23-11-6-4-7-12-23)33(22-24-16-18-25(31)19-17-24)28(34)15-10-20-36-26-13-8-5-9-14-26/h4-9,11-14,16-19,27H,10,15,20-22H2,1-3H3,(H,32,35). The summed E-state index contributed by atoms with van der Waals surface area (Å²) in [6.45, 7) is 6.33. The van der Waals surface area contributed by atoms with E-state index in [0.29, 0.717) is 19.4 Å². The molecule has 2 amide bonds. The molecule has 36 heavy (non-hydrogen) atoms. The zero-order valence-corrected chi connectivity index (χ0v) is 21.2. The number of hydrogen-bond donors (Lipinski definition) is 1. The first-order chi connectivity index (χ1) is 17.2. The lowest BCUT2D eigenvalue weighted by molar-refractivity contribution is -0.142. The molecule has 1 unspecified atom stereocenters. The number of ether oxygens (including phenoxy) is 1. The molecule has 0 bridgehead atoms. The summed E-state index contributed by atoms with van der Waals surface area (Å²) in [6.07, 6.45) is 1.10. The van der Waals surface area contributed by atoms with Crippen molar-refractivity contribution in [1.82, 2.24) is 10.2 Å². The lowest BCUT2D eigenvalue weighted by Gasteiger charge is -2.34. The van der Waals surface area contributed by atoms with Crippen LogP contribution in [0.1, 0.15) is 44.7 Å². The second-order valence-electron chi connectivity index (χ2n) is 9.86. The quantitative estimate of drug-likeness (QED) is 0.359. The molecular weight excluding hydrogens is 455 g/mol. The smallest absolute Gasteiger partial charge is 0.243 e. The molecule has 3 aromatic carbocycles. The van der Waals surface area contributed by atoms with Crippen LogP contribution in [-0.4, -0.2) is 34.9 Å². The number of nitrogens with zero attached hydrogens (tertiary/aromatic N) is 1. The Hall–Kier alpha value is -3.67. The summed E-state index contributed by atoms with van der Waals surface area (Å²) in [7, 11) is 0. The highest BCUT2D eigenvalue weighted by atomic mass is 19.1. The van der Waals surface area contributed by atoms with Gasteiger partial charge in [0.2, 0.25) is 11.8 Å². The molecule has 0 spiro atoms. The molecule has 1 N–H and O–H groups in total. The van der Waals surface area contributed by atoms with Crippen LogP contribution >= 0.6 is 0 Å². The van der Waals surface area contributed by atoms with Crippen LogP contribution in [0.2, 0.25) is 0 Å². The molecule has 0 radical (unpaired) electrons. The topological polar surface area (TPSA) is 58.6 Å². The Labute approximate surface area is 213 Å². The Morgan fingerprint density at radius 3 is 2.11 bits per heavy atom. The van der Waals surface area contributed by atoms with Gasteiger partial charge in [0, 0.05) is 24.9 Å². The predicted octanol–water partition coefficient (Wildman–Crippen LogP) is 5.54. The Kier molecular flexibility index (Phi) is 9.62. The van der Waals surface area contributed by atoms with Crippen molar-refractivity contribution < 1.29 is 18.7 Å². The van der Waals surface area contributed by atoms with Gasteiger partial charge in [-0.15, -0.1) is 0 Å². The van der Waals surface area contributed by atoms with E-state index in [-0.39, 0.29) is 30.6 Å². The third-order valence-electron chi connectivity index (χ3n) is 5.58. The minimum absolute atomic E-state index is 0.152. The van der Waals surface area contributed by atoms with Crippen LogP contribution in [0.3, 0.4) is 0 Å². The lowest BCUT2D eigenvalue weighted by atomic mass is 10.00. The summed E-state index contributed by atoms with van der Waals surface area (Å²) in [5, 5.41) is 3.04. The molecule has 6 heteroatoms. The van der Waals surface area contributed by atoms with Gasteiger partial charge >= 0.3 is 0 Å². The van der Waals surface area contributed by atoms with E-state index in [1.807, 2.05) is 81.4 Å². The number of hydrogen-bond acceptors (Lipinski definition) is 3. The largest absolute Gasteiger partial charge is 0.494 e. The molecular formula is C30H35FN2O3. The monoisotopic (exact) mass is 490 g/mol. The number of benzene rings is 3. The number of halogens is 1. The number of carbonyl (C=O) groups excluding carboxylic acids is 2. The van der Waals surface area contributed by atoms with E-state index >= 15 is 0 Å². The third-order valence-corrected chi connectivity index (χ3v) is 5.58. The molecule has 0 aliphatic rings. The van der Waals surface area contributed by atoms with Gasteiger partial charge in [-0.25, -0.2) is 4.39 Å². The fraction of sp³-hybridized carbons (Fsp3) is 0.333. The van der Waals surface area contributed by atoms with E-state index in [1.54, 1.807) is 17.0 Å². The Balaban J connectivity index is 1.81. The van der Waals surface area contributed by atoms with Gasteiger partial charge in [0.1, 0.15) is 17.6 Å². The summed E-state index contributed by atoms with van der Waals surface area (Å²) in [5.41, 5.74) is 1.25. The van der Waals surface area contributed by atoms with Crippen LogP contribution < -0.4 is 10.1 Å². The van der Waals surface area contributed by atoms with E-state index < -0.39 is 11.6 Å². The Morgan fingerprint density at radius 1 is 0.889 bits per heavy atom. The average Bonchev–Trinajstić information content (AvgIpc) is 2.85. The summed E-state index contributed by atoms with van der Waals surface area (Å²) in [4.78, 5) is 28.6. The molecule has 0 saturated carbocycles. The van der Waals surface area contributed by atoms with Crippen LogP contribution in [0.5, 0.6) is 5.75 Å². The maximum absolute atomic E-state index is 13.5. The normalized spacial score (nSPS) is 12.0. The minimum Gasteiger partial charge on any atom is -0.494 e. The van der Waals surface area contributed by atoms with Gasteiger partial charge in [-0.3, -0.25) is 9.59 Å². The van der Waals surface area contributed by atoms with Gasteiger partial charge in [0.25, 0.3) is 0 Å². The molecule has 0 aromatic heterocycles. The summed E-state index contributed by atoms with van der Waals surface area (Å²) in [6, 6.07) is 24.4. The molecule has 0 fully saturated rings. The van der Waals surface area contributed by atoms with Crippen molar-refractivity contribution in [3.63, 3.8) is 0 Å². The van der Waals surface area contributed by atoms with Crippen LogP contribution in [0.15, 0.2) is 84.9 Å². The fourth-order valence-electron chi connectivity index (χ4n) is 3.87.